The van der Waals surface area contributed by atoms with E-state index in [0.29, 0.717) is 11.5 Å². The molecule has 1 aliphatic carbocycles. The second-order valence-electron chi connectivity index (χ2n) is 8.05. The summed E-state index contributed by atoms with van der Waals surface area (Å²) >= 11 is 0. The van der Waals surface area contributed by atoms with Crippen LogP contribution in [0.3, 0.4) is 0 Å². The van der Waals surface area contributed by atoms with E-state index in [2.05, 4.69) is 50.3 Å². The summed E-state index contributed by atoms with van der Waals surface area (Å²) in [5.74, 6) is 0.692. The number of carboxylic acid groups (broad SMARTS) is 1. The molecular weight excluding hydrogens is 344 g/mol. The Morgan fingerprint density at radius 3 is 2.36 bits per heavy atom. The molecule has 0 heterocycles. The fraction of sp³-hybridized carbons (Fsp3) is 0.423. The lowest BCUT2D eigenvalue weighted by molar-refractivity contribution is 0.0697. The summed E-state index contributed by atoms with van der Waals surface area (Å²) in [5.41, 5.74) is 4.58. The molecule has 1 saturated carbocycles. The van der Waals surface area contributed by atoms with Crippen molar-refractivity contribution in [3.8, 4) is 11.1 Å². The topological polar surface area (TPSA) is 37.3 Å². The maximum atomic E-state index is 11.7. The first-order valence-electron chi connectivity index (χ1n) is 10.8. The van der Waals surface area contributed by atoms with Crippen molar-refractivity contribution in [3.63, 3.8) is 0 Å². The third-order valence-corrected chi connectivity index (χ3v) is 6.06. The van der Waals surface area contributed by atoms with Gasteiger partial charge < -0.3 is 5.11 Å². The van der Waals surface area contributed by atoms with Gasteiger partial charge in [-0.15, -0.1) is 0 Å². The van der Waals surface area contributed by atoms with Crippen molar-refractivity contribution in [2.45, 2.75) is 64.7 Å². The summed E-state index contributed by atoms with van der Waals surface area (Å²) in [4.78, 5) is 11.7. The van der Waals surface area contributed by atoms with Crippen LogP contribution < -0.4 is 0 Å². The molecule has 148 valence electrons. The average Bonchev–Trinajstić information content (AvgIpc) is 2.73. The van der Waals surface area contributed by atoms with Crippen LogP contribution >= 0.6 is 0 Å². The maximum Gasteiger partial charge on any atom is 0.336 e. The lowest BCUT2D eigenvalue weighted by atomic mass is 9.77. The Hall–Kier alpha value is -2.35. The van der Waals surface area contributed by atoms with Crippen LogP contribution in [0.2, 0.25) is 0 Å². The van der Waals surface area contributed by atoms with Gasteiger partial charge in [0, 0.05) is 0 Å². The highest BCUT2D eigenvalue weighted by molar-refractivity contribution is 5.96. The summed E-state index contributed by atoms with van der Waals surface area (Å²) in [6, 6.07) is 14.2. The summed E-state index contributed by atoms with van der Waals surface area (Å²) in [5, 5.41) is 9.60. The molecule has 1 fully saturated rings. The first-order valence-corrected chi connectivity index (χ1v) is 10.8. The Morgan fingerprint density at radius 1 is 1.04 bits per heavy atom. The second-order valence-corrected chi connectivity index (χ2v) is 8.05. The molecule has 0 aromatic heterocycles. The molecule has 0 radical (unpaired) electrons. The Labute approximate surface area is 169 Å². The van der Waals surface area contributed by atoms with Gasteiger partial charge in [-0.3, -0.25) is 0 Å². The fourth-order valence-corrected chi connectivity index (χ4v) is 4.47. The van der Waals surface area contributed by atoms with Gasteiger partial charge in [-0.05, 0) is 78.3 Å². The molecule has 3 rings (SSSR count). The summed E-state index contributed by atoms with van der Waals surface area (Å²) in [7, 11) is 0. The number of carboxylic acids is 1. The smallest absolute Gasteiger partial charge is 0.336 e. The van der Waals surface area contributed by atoms with Gasteiger partial charge >= 0.3 is 5.97 Å². The first kappa shape index (κ1) is 20.4. The Balaban J connectivity index is 1.81. The average molecular weight is 377 g/mol. The summed E-state index contributed by atoms with van der Waals surface area (Å²) in [6.45, 7) is 4.38. The van der Waals surface area contributed by atoms with Crippen LogP contribution in [-0.2, 0) is 0 Å². The van der Waals surface area contributed by atoms with Crippen molar-refractivity contribution in [1.82, 2.24) is 0 Å². The van der Waals surface area contributed by atoms with Gasteiger partial charge in [-0.2, -0.15) is 0 Å². The number of hydrogen-bond donors (Lipinski definition) is 1. The van der Waals surface area contributed by atoms with Gasteiger partial charge in [0.2, 0.25) is 0 Å². The van der Waals surface area contributed by atoms with E-state index < -0.39 is 5.97 Å². The van der Waals surface area contributed by atoms with Crippen molar-refractivity contribution in [3.05, 3.63) is 65.2 Å². The van der Waals surface area contributed by atoms with Crippen molar-refractivity contribution in [2.75, 3.05) is 0 Å². The number of rotatable bonds is 7. The van der Waals surface area contributed by atoms with Crippen LogP contribution in [0.5, 0.6) is 0 Å². The van der Waals surface area contributed by atoms with E-state index >= 15 is 0 Å². The van der Waals surface area contributed by atoms with Crippen LogP contribution in [0.1, 0.15) is 86.2 Å². The minimum Gasteiger partial charge on any atom is -0.478 e. The highest BCUT2D eigenvalue weighted by atomic mass is 16.4. The molecule has 28 heavy (non-hydrogen) atoms. The van der Waals surface area contributed by atoms with Crippen LogP contribution in [-0.4, -0.2) is 11.1 Å². The molecule has 2 nitrogen and oxygen atoms in total. The lowest BCUT2D eigenvalue weighted by Crippen LogP contribution is -2.13. The summed E-state index contributed by atoms with van der Waals surface area (Å²) in [6.07, 6.45) is 13.0. The van der Waals surface area contributed by atoms with Gasteiger partial charge in [0.25, 0.3) is 0 Å². The Bertz CT molecular complexity index is 809. The van der Waals surface area contributed by atoms with E-state index in [1.807, 2.05) is 12.1 Å². The van der Waals surface area contributed by atoms with Crippen LogP contribution in [0.15, 0.2) is 48.5 Å². The molecule has 0 unspecified atom stereocenters. The molecule has 0 amide bonds. The summed E-state index contributed by atoms with van der Waals surface area (Å²) < 4.78 is 0. The predicted octanol–water partition coefficient (Wildman–Crippen LogP) is 7.55. The van der Waals surface area contributed by atoms with Gasteiger partial charge in [0.1, 0.15) is 0 Å². The molecule has 0 aliphatic heterocycles. The zero-order chi connectivity index (χ0) is 19.9. The number of benzene rings is 2. The molecule has 2 heteroatoms. The zero-order valence-electron chi connectivity index (χ0n) is 17.2. The van der Waals surface area contributed by atoms with E-state index in [4.69, 9.17) is 0 Å². The molecule has 2 aromatic rings. The monoisotopic (exact) mass is 376 g/mol. The van der Waals surface area contributed by atoms with Crippen LogP contribution in [0.4, 0.5) is 0 Å². The van der Waals surface area contributed by atoms with E-state index in [1.165, 1.54) is 44.1 Å². The van der Waals surface area contributed by atoms with Crippen molar-refractivity contribution in [1.29, 1.82) is 0 Å². The molecule has 2 aromatic carbocycles. The minimum atomic E-state index is -0.876. The van der Waals surface area contributed by atoms with Crippen LogP contribution in [0.25, 0.3) is 17.2 Å². The number of carbonyl (C=O) groups is 1. The number of allylic oxidation sites excluding steroid dienone is 1. The molecule has 0 bridgehead atoms. The molecule has 0 spiro atoms. The van der Waals surface area contributed by atoms with Crippen molar-refractivity contribution >= 4 is 12.0 Å². The highest BCUT2D eigenvalue weighted by Gasteiger charge is 2.22. The van der Waals surface area contributed by atoms with Gasteiger partial charge in [-0.1, -0.05) is 69.2 Å². The minimum absolute atomic E-state index is 0.362. The SMILES string of the molecule is CCC=Cc1ccc(C(=O)O)c(-c2ccc(C3CCC(CCC)CC3)cc2)c1. The van der Waals surface area contributed by atoms with Crippen molar-refractivity contribution < 1.29 is 9.90 Å². The Morgan fingerprint density at radius 2 is 1.75 bits per heavy atom. The third kappa shape index (κ3) is 4.92. The predicted molar refractivity (Wildman–Crippen MR) is 118 cm³/mol. The van der Waals surface area contributed by atoms with Crippen LogP contribution in [0, 0.1) is 5.92 Å². The van der Waals surface area contributed by atoms with Gasteiger partial charge in [0.05, 0.1) is 5.56 Å². The van der Waals surface area contributed by atoms with Gasteiger partial charge in [-0.25, -0.2) is 4.79 Å². The van der Waals surface area contributed by atoms with E-state index in [-0.39, 0.29) is 0 Å². The standard InChI is InChI=1S/C26H32O2/c1-3-5-7-20-10-17-24(26(27)28)25(18-20)23-15-13-22(14-16-23)21-11-8-19(6-4-2)9-12-21/h5,7,10,13-19,21H,3-4,6,8-9,11-12H2,1-2H3,(H,27,28). The number of hydrogen-bond acceptors (Lipinski definition) is 1. The lowest BCUT2D eigenvalue weighted by Gasteiger charge is -2.28. The molecule has 1 N–H and O–H groups in total. The first-order chi connectivity index (χ1) is 13.6. The Kier molecular flexibility index (Phi) is 7.08. The van der Waals surface area contributed by atoms with E-state index in [9.17, 15) is 9.90 Å². The largest absolute Gasteiger partial charge is 0.478 e. The fourth-order valence-electron chi connectivity index (χ4n) is 4.47. The van der Waals surface area contributed by atoms with Crippen molar-refractivity contribution in [2.24, 2.45) is 5.92 Å². The molecule has 1 aliphatic rings. The van der Waals surface area contributed by atoms with Gasteiger partial charge in [0.15, 0.2) is 0 Å². The highest BCUT2D eigenvalue weighted by Crippen LogP contribution is 2.38. The molecule has 0 atom stereocenters. The zero-order valence-corrected chi connectivity index (χ0v) is 17.2. The maximum absolute atomic E-state index is 11.7. The third-order valence-electron chi connectivity index (χ3n) is 6.06. The molecule has 0 saturated heterocycles. The second kappa shape index (κ2) is 9.73. The quantitative estimate of drug-likeness (QED) is 0.541. The van der Waals surface area contributed by atoms with E-state index in [1.54, 1.807) is 6.07 Å². The normalized spacial score (nSPS) is 19.8. The van der Waals surface area contributed by atoms with E-state index in [0.717, 1.165) is 29.0 Å². The number of aromatic carboxylic acids is 1. The molecular formula is C26H32O2.